The minimum atomic E-state index is 0.181. The van der Waals surface area contributed by atoms with E-state index in [2.05, 4.69) is 157 Å². The minimum Gasteiger partial charge on any atom is -0.496 e. The quantitative estimate of drug-likeness (QED) is 0.0492. The van der Waals surface area contributed by atoms with Crippen LogP contribution in [0, 0.1) is 23.7 Å². The summed E-state index contributed by atoms with van der Waals surface area (Å²) in [6, 6.07) is 63.4. The maximum atomic E-state index is 13.1. The number of aromatic nitrogens is 16. The van der Waals surface area contributed by atoms with E-state index in [1.54, 1.807) is 7.11 Å². The van der Waals surface area contributed by atoms with Gasteiger partial charge in [-0.25, -0.2) is 0 Å². The van der Waals surface area contributed by atoms with Crippen LogP contribution in [0.1, 0.15) is 117 Å². The second-order valence-electron chi connectivity index (χ2n) is 35.7. The summed E-state index contributed by atoms with van der Waals surface area (Å²) in [4.78, 5) is 60.8. The van der Waals surface area contributed by atoms with Crippen molar-refractivity contribution in [2.75, 3.05) is 20.2 Å². The lowest BCUT2D eigenvalue weighted by Gasteiger charge is -2.25. The van der Waals surface area contributed by atoms with Crippen molar-refractivity contribution >= 4 is 78.8 Å². The van der Waals surface area contributed by atoms with E-state index in [1.165, 1.54) is 0 Å². The second-order valence-corrected chi connectivity index (χ2v) is 36.1. The Hall–Kier alpha value is -13.6. The number of nitrogens with one attached hydrogen (secondary N) is 4. The number of hydrogen-bond donors (Lipinski definition) is 4. The van der Waals surface area contributed by atoms with Crippen molar-refractivity contribution in [3.8, 4) is 50.3 Å². The summed E-state index contributed by atoms with van der Waals surface area (Å²) in [5.74, 6) is 3.73. The van der Waals surface area contributed by atoms with Gasteiger partial charge in [0.1, 0.15) is 5.75 Å². The molecule has 6 bridgehead atoms. The summed E-state index contributed by atoms with van der Waals surface area (Å²) in [7, 11) is 1.68. The number of likely N-dealkylation sites (tertiary alicyclic amines) is 1. The third-order valence-corrected chi connectivity index (χ3v) is 28.4. The lowest BCUT2D eigenvalue weighted by molar-refractivity contribution is -0.133. The van der Waals surface area contributed by atoms with E-state index in [1.807, 2.05) is 188 Å². The number of carbonyl (C=O) groups excluding carboxylic acids is 4. The van der Waals surface area contributed by atoms with Gasteiger partial charge in [-0.3, -0.25) is 58.3 Å². The molecular weight excluding hydrogens is 1620 g/mol. The van der Waals surface area contributed by atoms with Crippen molar-refractivity contribution < 1.29 is 23.9 Å². The number of aromatic amines is 4. The fourth-order valence-electron chi connectivity index (χ4n) is 21.7. The SMILES string of the molecule is COc1ccccc1CCC(=O)N1CCCC(Cn2ncc3cc(-c4cn[nH]c4)ccc32)CC1.O=C(CCc1ccc(Cl)cc1)N1C2CCC1C(Cn1ncc3cc(-c4cn[nH]c4)ccc31)C2.O=C(Cc1ccccc1)N1C2CCC1C(Cn1ncc3cc(-c4cn[nH]c4)ccc31)C2.O=C(c1ccccc1)N1C2CCC1C(Cn1ncc3cc(-c4cn[nH]c4)ccc31)C2. The number of nitrogens with zero attached hydrogens (tertiary/aromatic N) is 16. The van der Waals surface area contributed by atoms with E-state index in [4.69, 9.17) is 26.5 Å². The number of methoxy groups -OCH3 is 1. The molecule has 0 spiro atoms. The van der Waals surface area contributed by atoms with Crippen molar-refractivity contribution in [3.05, 3.63) is 284 Å². The predicted octanol–water partition coefficient (Wildman–Crippen LogP) is 18.0. The van der Waals surface area contributed by atoms with Gasteiger partial charge in [0.25, 0.3) is 5.91 Å². The smallest absolute Gasteiger partial charge is 0.254 e. The molecule has 25 nitrogen and oxygen atoms in total. The van der Waals surface area contributed by atoms with E-state index in [9.17, 15) is 19.2 Å². The first-order chi connectivity index (χ1) is 62.9. The summed E-state index contributed by atoms with van der Waals surface area (Å²) in [5.41, 5.74) is 17.6. The maximum absolute atomic E-state index is 13.1. The number of para-hydroxylation sites is 1. The first-order valence-electron chi connectivity index (χ1n) is 45.4. The molecule has 0 saturated carbocycles. The predicted molar refractivity (Wildman–Crippen MR) is 495 cm³/mol. The molecule has 128 heavy (non-hydrogen) atoms. The Morgan fingerprint density at radius 1 is 0.391 bits per heavy atom. The molecule has 4 N–H and O–H groups in total. The van der Waals surface area contributed by atoms with E-state index < -0.39 is 0 Å². The maximum Gasteiger partial charge on any atom is 0.254 e. The van der Waals surface area contributed by atoms with Crippen molar-refractivity contribution in [2.45, 2.75) is 172 Å². The van der Waals surface area contributed by atoms with Crippen LogP contribution in [0.5, 0.6) is 5.75 Å². The summed E-state index contributed by atoms with van der Waals surface area (Å²) >= 11 is 5.98. The van der Waals surface area contributed by atoms with E-state index in [0.717, 1.165) is 244 Å². The standard InChI is InChI=1S/C27H31N5O2.C26H26ClN5O.C25H25N5O.C24H23N5O/c1-34-26-7-3-2-6-21(26)9-11-27(33)31-13-4-5-20(12-14-31)19-32-25-10-8-22(15-23(25)18-30-32)24-16-28-29-17-24;27-22-5-1-17(2-6-22)3-10-26(33)32-23-7-9-25(32)20(12-23)16-31-24-8-4-18(11-19(24)15-30-31)21-13-28-29-14-21;31-25(10-17-4-2-1-3-5-17)30-22-7-9-24(30)20(12-22)16-29-23-8-6-18(11-19(23)15-28-29)21-13-26-27-14-21;30-24(16-4-2-1-3-5-16)29-21-7-9-23(29)19(11-21)15-28-22-8-6-17(10-18(22)14-27-28)20-12-25-26-13-20/h2-3,6-8,10,15-18,20H,4-5,9,11-14,19H2,1H3,(H,28,29);1-2,4-6,8,11,13-15,20,23,25H,3,7,9-10,12,16H2,(H,28,29);1-6,8,11,13-15,20,22,24H,7,9-10,12,16H2,(H,26,27);1-6,8,10,12-14,19,21,23H,7,9,11,15H2,(H,25,26). The fourth-order valence-corrected chi connectivity index (χ4v) is 21.9. The summed E-state index contributed by atoms with van der Waals surface area (Å²) in [5, 5.41) is 51.7. The van der Waals surface area contributed by atoms with Crippen LogP contribution in [0.25, 0.3) is 88.1 Å². The molecule has 15 heterocycles. The Morgan fingerprint density at radius 2 is 0.812 bits per heavy atom. The van der Waals surface area contributed by atoms with Crippen molar-refractivity contribution in [2.24, 2.45) is 23.7 Å². The van der Waals surface area contributed by atoms with Crippen molar-refractivity contribution in [1.82, 2.24) is 99.5 Å². The first-order valence-corrected chi connectivity index (χ1v) is 45.8. The Kier molecular flexibility index (Phi) is 24.0. The van der Waals surface area contributed by atoms with Gasteiger partial charge in [-0.2, -0.15) is 40.8 Å². The molecular formula is C102H105ClN20O5. The van der Waals surface area contributed by atoms with Crippen molar-refractivity contribution in [3.63, 3.8) is 0 Å². The highest BCUT2D eigenvalue weighted by Crippen LogP contribution is 2.47. The highest BCUT2D eigenvalue weighted by Gasteiger charge is 2.51. The van der Waals surface area contributed by atoms with Gasteiger partial charge in [0.15, 0.2) is 0 Å². The van der Waals surface area contributed by atoms with Gasteiger partial charge in [0.05, 0.1) is 85.2 Å². The van der Waals surface area contributed by atoms with Crippen LogP contribution in [0.3, 0.4) is 0 Å². The molecule has 7 saturated heterocycles. The number of amides is 4. The summed E-state index contributed by atoms with van der Waals surface area (Å²) in [6.45, 7) is 5.13. The molecule has 4 amide bonds. The third-order valence-electron chi connectivity index (χ3n) is 28.1. The van der Waals surface area contributed by atoms with Crippen LogP contribution in [0.15, 0.2) is 256 Å². The molecule has 7 aliphatic heterocycles. The van der Waals surface area contributed by atoms with Crippen LogP contribution in [-0.2, 0) is 59.8 Å². The molecule has 16 aromatic rings. The van der Waals surface area contributed by atoms with Gasteiger partial charge in [-0.05, 0) is 214 Å². The average Bonchev–Trinajstić information content (AvgIpc) is 1.62. The highest BCUT2D eigenvalue weighted by atomic mass is 35.5. The zero-order valence-corrected chi connectivity index (χ0v) is 72.6. The molecule has 10 atom stereocenters. The van der Waals surface area contributed by atoms with Gasteiger partial charge in [0.2, 0.25) is 17.7 Å². The van der Waals surface area contributed by atoms with Gasteiger partial charge >= 0.3 is 0 Å². The van der Waals surface area contributed by atoms with Crippen LogP contribution in [0.2, 0.25) is 5.02 Å². The number of carbonyl (C=O) groups is 4. The molecule has 10 unspecified atom stereocenters. The van der Waals surface area contributed by atoms with Gasteiger partial charge in [-0.1, -0.05) is 115 Å². The van der Waals surface area contributed by atoms with Crippen LogP contribution in [-0.4, -0.2) is 180 Å². The second kappa shape index (κ2) is 37.2. The Bertz CT molecular complexity index is 6510. The molecule has 650 valence electrons. The Morgan fingerprint density at radius 3 is 1.27 bits per heavy atom. The zero-order valence-electron chi connectivity index (χ0n) is 71.9. The van der Waals surface area contributed by atoms with Gasteiger partial charge < -0.3 is 24.3 Å². The normalized spacial score (nSPS) is 20.8. The first kappa shape index (κ1) is 82.7. The van der Waals surface area contributed by atoms with Gasteiger partial charge in [0, 0.05) is 185 Å². The number of hydrogen-bond acceptors (Lipinski definition) is 13. The zero-order chi connectivity index (χ0) is 86.6. The lowest BCUT2D eigenvalue weighted by atomic mass is 9.89. The van der Waals surface area contributed by atoms with Crippen LogP contribution < -0.4 is 4.74 Å². The molecule has 23 rings (SSSR count). The van der Waals surface area contributed by atoms with E-state index >= 15 is 0 Å². The van der Waals surface area contributed by atoms with Crippen LogP contribution in [0.4, 0.5) is 0 Å². The molecule has 26 heteroatoms. The monoisotopic (exact) mass is 1720 g/mol. The summed E-state index contributed by atoms with van der Waals surface area (Å²) < 4.78 is 13.9. The van der Waals surface area contributed by atoms with E-state index in [-0.39, 0.29) is 23.6 Å². The fraction of sp³-hybridized carbons (Fsp3) is 0.333. The molecule has 0 aliphatic carbocycles. The van der Waals surface area contributed by atoms with Crippen molar-refractivity contribution in [1.29, 1.82) is 0 Å². The van der Waals surface area contributed by atoms with E-state index in [0.29, 0.717) is 85.6 Å². The largest absolute Gasteiger partial charge is 0.496 e. The number of halogens is 1. The number of rotatable bonds is 22. The topological polar surface area (TPSA) is 276 Å². The average molecular weight is 1730 g/mol. The Labute approximate surface area is 747 Å². The number of benzene rings is 8. The summed E-state index contributed by atoms with van der Waals surface area (Å²) in [6.07, 6.45) is 38.9. The number of aryl methyl sites for hydroxylation is 2. The number of ether oxygens (including phenoxy) is 1. The highest BCUT2D eigenvalue weighted by molar-refractivity contribution is 6.30. The lowest BCUT2D eigenvalue weighted by Crippen LogP contribution is -2.38. The molecule has 0 radical (unpaired) electrons. The minimum absolute atomic E-state index is 0.181. The molecule has 7 fully saturated rings. The van der Waals surface area contributed by atoms with Gasteiger partial charge in [-0.15, -0.1) is 0 Å². The van der Waals surface area contributed by atoms with Crippen LogP contribution >= 0.6 is 11.6 Å². The molecule has 8 aromatic carbocycles. The number of fused-ring (bicyclic) bond motifs is 10. The molecule has 8 aromatic heterocycles. The molecule has 7 aliphatic rings. The Balaban J connectivity index is 0.000000107. The third kappa shape index (κ3) is 17.6. The number of H-pyrrole nitrogens is 4.